The summed E-state index contributed by atoms with van der Waals surface area (Å²) in [5.74, 6) is 0. The summed E-state index contributed by atoms with van der Waals surface area (Å²) in [4.78, 5) is 0. The first-order chi connectivity index (χ1) is 0. The summed E-state index contributed by atoms with van der Waals surface area (Å²) in [7, 11) is 0. The van der Waals surface area contributed by atoms with Gasteiger partial charge in [0.1, 0.15) is 0 Å². The van der Waals surface area contributed by atoms with Gasteiger partial charge < -0.3 is 9.99 Å². The average molecular weight is 436 g/mol. The van der Waals surface area contributed by atoms with Gasteiger partial charge in [-0.2, -0.15) is 0 Å². The van der Waals surface area contributed by atoms with Gasteiger partial charge in [0.15, 0.2) is 0 Å². The molecule has 0 amide bonds. The van der Waals surface area contributed by atoms with Gasteiger partial charge in [-0.15, -0.1) is 49.6 Å². The molecule has 0 heterocycles. The summed E-state index contributed by atoms with van der Waals surface area (Å²) >= 11 is 0. The Balaban J connectivity index is 0. The minimum absolute atomic E-state index is 0. The van der Waals surface area contributed by atoms with E-state index in [1.807, 2.05) is 0 Å². The SMILES string of the molecule is Cl.Cl.Cl.Cl.F.[Ba+2].[H-].[H-].[H-].[H-].[H-].[H-].[H-].[K+].[K+].[Mg+2].[Na+]. The van der Waals surface area contributed by atoms with Gasteiger partial charge >= 0.3 is 204 Å². The van der Waals surface area contributed by atoms with Crippen LogP contribution in [0.1, 0.15) is 9.99 Å². The summed E-state index contributed by atoms with van der Waals surface area (Å²) in [6, 6.07) is 0. The molecule has 0 bridgehead atoms. The molecule has 0 N–H and O–H groups in total. The summed E-state index contributed by atoms with van der Waals surface area (Å²) in [5.41, 5.74) is 0. The van der Waals surface area contributed by atoms with Gasteiger partial charge in [0.25, 0.3) is 0 Å². The molecule has 0 saturated heterocycles. The Morgan fingerprint density at radius 2 is 0.700 bits per heavy atom. The molecular weight excluding hydrogens is 424 g/mol. The molecular formula is H12BaCl4FK2MgNa. The summed E-state index contributed by atoms with van der Waals surface area (Å²) < 4.78 is 0. The van der Waals surface area contributed by atoms with Gasteiger partial charge in [-0.3, -0.25) is 4.70 Å². The first-order valence-electron chi connectivity index (χ1n) is 0. The van der Waals surface area contributed by atoms with Crippen LogP contribution in [0.3, 0.4) is 0 Å². The largest absolute Gasteiger partial charge is 2.00 e. The summed E-state index contributed by atoms with van der Waals surface area (Å²) in [5, 5.41) is 0. The molecule has 10 heavy (non-hydrogen) atoms. The Bertz CT molecular complexity index is 39.8. The second-order valence-corrected chi connectivity index (χ2v) is 0. The Hall–Kier alpha value is 7.70. The number of hydrogen-bond acceptors (Lipinski definition) is 0. The van der Waals surface area contributed by atoms with Crippen LogP contribution < -0.4 is 132 Å². The van der Waals surface area contributed by atoms with E-state index in [1.54, 1.807) is 0 Å². The Kier molecular flexibility index (Phi) is 578. The molecule has 0 aliphatic heterocycles. The minimum atomic E-state index is 0. The second-order valence-electron chi connectivity index (χ2n) is 0. The van der Waals surface area contributed by atoms with Gasteiger partial charge in [-0.1, -0.05) is 0 Å². The van der Waals surface area contributed by atoms with Crippen LogP contribution in [0.15, 0.2) is 0 Å². The number of halogens is 5. The smallest absolute Gasteiger partial charge is 1.00 e. The molecule has 10 heteroatoms. The fraction of sp³-hybridized carbons (Fsp3) is 0. The third kappa shape index (κ3) is 57.2. The maximum Gasteiger partial charge on any atom is 2.00 e. The van der Waals surface area contributed by atoms with Crippen molar-refractivity contribution in [1.29, 1.82) is 0 Å². The first kappa shape index (κ1) is 83.3. The van der Waals surface area contributed by atoms with Crippen LogP contribution in [0.25, 0.3) is 0 Å². The van der Waals surface area contributed by atoms with E-state index in [0.717, 1.165) is 0 Å². The van der Waals surface area contributed by atoms with Crippen LogP contribution in [0, 0.1) is 0 Å². The van der Waals surface area contributed by atoms with E-state index in [1.165, 1.54) is 0 Å². The zero-order chi connectivity index (χ0) is 0. The van der Waals surface area contributed by atoms with Crippen molar-refractivity contribution >= 4 is 122 Å². The quantitative estimate of drug-likeness (QED) is 0.332. The van der Waals surface area contributed by atoms with Gasteiger partial charge in [-0.25, -0.2) is 0 Å². The van der Waals surface area contributed by atoms with Crippen LogP contribution in [-0.2, 0) is 0 Å². The predicted octanol–water partition coefficient (Wildman–Crippen LogP) is -7.12. The molecule has 0 fully saturated rings. The molecule has 0 nitrogen and oxygen atoms in total. The van der Waals surface area contributed by atoms with Crippen molar-refractivity contribution in [2.75, 3.05) is 0 Å². The summed E-state index contributed by atoms with van der Waals surface area (Å²) in [6.45, 7) is 0. The topological polar surface area (TPSA) is 0 Å². The Morgan fingerprint density at radius 1 is 0.700 bits per heavy atom. The maximum absolute atomic E-state index is 0. The summed E-state index contributed by atoms with van der Waals surface area (Å²) in [6.07, 6.45) is 0. The molecule has 0 spiro atoms. The standard InChI is InChI=1S/Ba.4ClH.FH.2K.Mg.Na.7H/h;5*1H;;;;;;;;;;;/q+2;;;;;;2*+1;+2;+1;7*-1. The van der Waals surface area contributed by atoms with E-state index < -0.39 is 0 Å². The molecule has 0 atom stereocenters. The Morgan fingerprint density at radius 3 is 0.700 bits per heavy atom. The van der Waals surface area contributed by atoms with E-state index in [0.29, 0.717) is 0 Å². The van der Waals surface area contributed by atoms with Crippen LogP contribution in [0.5, 0.6) is 0 Å². The maximum atomic E-state index is 0. The minimum Gasteiger partial charge on any atom is -1.00 e. The predicted molar refractivity (Wildman–Crippen MR) is 50.8 cm³/mol. The molecule has 0 aromatic heterocycles. The van der Waals surface area contributed by atoms with Crippen LogP contribution in [-0.4, -0.2) is 71.9 Å². The molecule has 0 saturated carbocycles. The van der Waals surface area contributed by atoms with Crippen molar-refractivity contribution < 1.29 is 147 Å². The second kappa shape index (κ2) is 69.4. The van der Waals surface area contributed by atoms with Crippen molar-refractivity contribution in [3.05, 3.63) is 0 Å². The van der Waals surface area contributed by atoms with E-state index in [9.17, 15) is 0 Å². The van der Waals surface area contributed by atoms with Gasteiger partial charge in [0.05, 0.1) is 0 Å². The molecule has 0 aromatic rings. The molecule has 0 unspecified atom stereocenters. The number of rotatable bonds is 0. The van der Waals surface area contributed by atoms with E-state index >= 15 is 0 Å². The third-order valence-electron chi connectivity index (χ3n) is 0. The van der Waals surface area contributed by atoms with Crippen molar-refractivity contribution in [2.45, 2.75) is 0 Å². The van der Waals surface area contributed by atoms with Crippen molar-refractivity contribution in [2.24, 2.45) is 0 Å². The van der Waals surface area contributed by atoms with E-state index in [-0.39, 0.29) is 269 Å². The monoisotopic (exact) mass is 434 g/mol. The normalized spacial score (nSPS) is 0. The zero-order valence-electron chi connectivity index (χ0n) is 13.5. The fourth-order valence-electron chi connectivity index (χ4n) is 0. The molecule has 0 aliphatic carbocycles. The van der Waals surface area contributed by atoms with Crippen molar-refractivity contribution in [3.63, 3.8) is 0 Å². The molecule has 0 rings (SSSR count). The third-order valence-corrected chi connectivity index (χ3v) is 0. The molecule has 0 radical (unpaired) electrons. The Labute approximate surface area is 260 Å². The fourth-order valence-corrected chi connectivity index (χ4v) is 0. The van der Waals surface area contributed by atoms with Gasteiger partial charge in [0, 0.05) is 0 Å². The average Bonchev–Trinajstić information content (AvgIpc) is 0. The van der Waals surface area contributed by atoms with Gasteiger partial charge in [0.2, 0.25) is 0 Å². The molecule has 54 valence electrons. The van der Waals surface area contributed by atoms with Gasteiger partial charge in [-0.05, 0) is 0 Å². The van der Waals surface area contributed by atoms with E-state index in [4.69, 9.17) is 0 Å². The molecule has 0 aromatic carbocycles. The van der Waals surface area contributed by atoms with Crippen LogP contribution in [0.4, 0.5) is 4.70 Å². The van der Waals surface area contributed by atoms with Crippen LogP contribution in [0.2, 0.25) is 0 Å². The van der Waals surface area contributed by atoms with Crippen molar-refractivity contribution in [1.82, 2.24) is 0 Å². The number of hydrogen-bond donors (Lipinski definition) is 0. The van der Waals surface area contributed by atoms with Crippen molar-refractivity contribution in [3.8, 4) is 0 Å². The first-order valence-corrected chi connectivity index (χ1v) is 0. The van der Waals surface area contributed by atoms with Crippen LogP contribution >= 0.6 is 49.6 Å². The zero-order valence-corrected chi connectivity index (χ0v) is 23.8. The molecule has 0 aliphatic rings. The van der Waals surface area contributed by atoms with E-state index in [2.05, 4.69) is 0 Å².